The Bertz CT molecular complexity index is 482. The maximum absolute atomic E-state index is 11.7. The molecule has 0 saturated carbocycles. The first-order valence-corrected chi connectivity index (χ1v) is 8.53. The molecule has 1 rings (SSSR count). The van der Waals surface area contributed by atoms with E-state index >= 15 is 0 Å². The van der Waals surface area contributed by atoms with Gasteiger partial charge in [-0.25, -0.2) is 8.42 Å². The van der Waals surface area contributed by atoms with Crippen LogP contribution in [-0.2, 0) is 16.4 Å². The zero-order valence-electron chi connectivity index (χ0n) is 11.0. The van der Waals surface area contributed by atoms with E-state index in [1.54, 1.807) is 13.8 Å². The van der Waals surface area contributed by atoms with Crippen molar-refractivity contribution in [1.82, 2.24) is 14.8 Å². The van der Waals surface area contributed by atoms with Crippen LogP contribution in [0.25, 0.3) is 0 Å². The van der Waals surface area contributed by atoms with Crippen LogP contribution in [0, 0.1) is 6.92 Å². The molecule has 1 heterocycles. The van der Waals surface area contributed by atoms with Crippen molar-refractivity contribution in [2.45, 2.75) is 37.7 Å². The largest absolute Gasteiger partial charge is 0.329 e. The molecule has 1 aromatic rings. The molecule has 0 radical (unpaired) electrons. The molecule has 0 saturated heterocycles. The standard InChI is InChI=1S/C10H20N4O2S2/c1-8(2)18(15,16)7-6-17-10-13-12-9(3)14(10)5-4-11/h8H,4-7,11H2,1-3H3. The number of aryl methyl sites for hydroxylation is 1. The predicted molar refractivity (Wildman–Crippen MR) is 73.5 cm³/mol. The second kappa shape index (κ2) is 6.53. The predicted octanol–water partition coefficient (Wildman–Crippen LogP) is 0.461. The monoisotopic (exact) mass is 292 g/mol. The molecule has 0 atom stereocenters. The number of thioether (sulfide) groups is 1. The molecule has 0 amide bonds. The molecule has 0 aromatic carbocycles. The molecule has 8 heteroatoms. The molecule has 0 aliphatic rings. The average molecular weight is 292 g/mol. The van der Waals surface area contributed by atoms with E-state index < -0.39 is 9.84 Å². The lowest BCUT2D eigenvalue weighted by Gasteiger charge is -2.08. The van der Waals surface area contributed by atoms with Crippen LogP contribution < -0.4 is 5.73 Å². The highest BCUT2D eigenvalue weighted by Gasteiger charge is 2.17. The minimum atomic E-state index is -2.99. The molecule has 2 N–H and O–H groups in total. The van der Waals surface area contributed by atoms with Crippen LogP contribution in [-0.4, -0.2) is 46.5 Å². The molecular weight excluding hydrogens is 272 g/mol. The Kier molecular flexibility index (Phi) is 5.61. The Morgan fingerprint density at radius 1 is 1.39 bits per heavy atom. The molecule has 104 valence electrons. The average Bonchev–Trinajstić information content (AvgIpc) is 2.61. The topological polar surface area (TPSA) is 90.9 Å². The summed E-state index contributed by atoms with van der Waals surface area (Å²) >= 11 is 1.41. The maximum Gasteiger partial charge on any atom is 0.191 e. The molecular formula is C10H20N4O2S2. The Balaban J connectivity index is 2.59. The zero-order chi connectivity index (χ0) is 13.8. The number of aromatic nitrogens is 3. The maximum atomic E-state index is 11.7. The van der Waals surface area contributed by atoms with Crippen molar-refractivity contribution in [1.29, 1.82) is 0 Å². The molecule has 6 nitrogen and oxygen atoms in total. The third-order valence-corrected chi connectivity index (χ3v) is 6.01. The van der Waals surface area contributed by atoms with E-state index in [0.29, 0.717) is 18.8 Å². The molecule has 0 fully saturated rings. The highest BCUT2D eigenvalue weighted by atomic mass is 32.2. The van der Waals surface area contributed by atoms with Crippen LogP contribution in [0.5, 0.6) is 0 Å². The lowest BCUT2D eigenvalue weighted by molar-refractivity contribution is 0.589. The summed E-state index contributed by atoms with van der Waals surface area (Å²) in [6, 6.07) is 0. The number of hydrogen-bond donors (Lipinski definition) is 1. The summed E-state index contributed by atoms with van der Waals surface area (Å²) in [5.74, 6) is 1.45. The van der Waals surface area contributed by atoms with Gasteiger partial charge in [0.2, 0.25) is 0 Å². The minimum Gasteiger partial charge on any atom is -0.329 e. The van der Waals surface area contributed by atoms with Gasteiger partial charge in [0, 0.05) is 18.8 Å². The minimum absolute atomic E-state index is 0.157. The second-order valence-electron chi connectivity index (χ2n) is 4.23. The Morgan fingerprint density at radius 3 is 2.61 bits per heavy atom. The summed E-state index contributed by atoms with van der Waals surface area (Å²) in [5.41, 5.74) is 5.51. The van der Waals surface area contributed by atoms with Crippen LogP contribution in [0.4, 0.5) is 0 Å². The Morgan fingerprint density at radius 2 is 2.06 bits per heavy atom. The first-order chi connectivity index (χ1) is 8.38. The molecule has 0 aliphatic heterocycles. The number of hydrogen-bond acceptors (Lipinski definition) is 6. The number of nitrogens with zero attached hydrogens (tertiary/aromatic N) is 3. The van der Waals surface area contributed by atoms with Crippen LogP contribution >= 0.6 is 11.8 Å². The van der Waals surface area contributed by atoms with Crippen LogP contribution in [0.1, 0.15) is 19.7 Å². The Labute approximate surface area is 112 Å². The van der Waals surface area contributed by atoms with E-state index in [1.165, 1.54) is 11.8 Å². The number of nitrogens with two attached hydrogens (primary N) is 1. The van der Waals surface area contributed by atoms with Crippen LogP contribution in [0.2, 0.25) is 0 Å². The van der Waals surface area contributed by atoms with E-state index in [1.807, 2.05) is 11.5 Å². The van der Waals surface area contributed by atoms with Gasteiger partial charge in [-0.2, -0.15) is 0 Å². The van der Waals surface area contributed by atoms with Gasteiger partial charge in [0.15, 0.2) is 15.0 Å². The molecule has 1 aromatic heterocycles. The fourth-order valence-electron chi connectivity index (χ4n) is 1.34. The van der Waals surface area contributed by atoms with Gasteiger partial charge in [0.05, 0.1) is 11.0 Å². The summed E-state index contributed by atoms with van der Waals surface area (Å²) in [7, 11) is -2.99. The summed E-state index contributed by atoms with van der Waals surface area (Å²) in [6.07, 6.45) is 0. The van der Waals surface area contributed by atoms with Gasteiger partial charge in [0.25, 0.3) is 0 Å². The fraction of sp³-hybridized carbons (Fsp3) is 0.800. The number of rotatable bonds is 7. The van der Waals surface area contributed by atoms with Crippen molar-refractivity contribution in [3.8, 4) is 0 Å². The van der Waals surface area contributed by atoms with Gasteiger partial charge in [0.1, 0.15) is 5.82 Å². The van der Waals surface area contributed by atoms with Crippen molar-refractivity contribution in [2.75, 3.05) is 18.1 Å². The molecule has 0 spiro atoms. The summed E-state index contributed by atoms with van der Waals surface area (Å²) < 4.78 is 25.2. The van der Waals surface area contributed by atoms with Gasteiger partial charge in [-0.1, -0.05) is 11.8 Å². The zero-order valence-corrected chi connectivity index (χ0v) is 12.6. The fourth-order valence-corrected chi connectivity index (χ4v) is 3.73. The van der Waals surface area contributed by atoms with E-state index in [-0.39, 0.29) is 11.0 Å². The lowest BCUT2D eigenvalue weighted by atomic mass is 10.6. The number of sulfone groups is 1. The normalized spacial score (nSPS) is 12.3. The SMILES string of the molecule is Cc1nnc(SCCS(=O)(=O)C(C)C)n1CCN. The van der Waals surface area contributed by atoms with Crippen LogP contribution in [0.15, 0.2) is 5.16 Å². The van der Waals surface area contributed by atoms with Crippen molar-refractivity contribution in [3.63, 3.8) is 0 Å². The van der Waals surface area contributed by atoms with Gasteiger partial charge in [-0.05, 0) is 20.8 Å². The highest BCUT2D eigenvalue weighted by molar-refractivity contribution is 8.00. The van der Waals surface area contributed by atoms with Gasteiger partial charge < -0.3 is 10.3 Å². The molecule has 0 unspecified atom stereocenters. The van der Waals surface area contributed by atoms with E-state index in [2.05, 4.69) is 10.2 Å². The van der Waals surface area contributed by atoms with Crippen molar-refractivity contribution < 1.29 is 8.42 Å². The molecule has 18 heavy (non-hydrogen) atoms. The Hall–Kier alpha value is -0.600. The molecule has 0 bridgehead atoms. The first kappa shape index (κ1) is 15.5. The highest BCUT2D eigenvalue weighted by Crippen LogP contribution is 2.17. The molecule has 0 aliphatic carbocycles. The van der Waals surface area contributed by atoms with E-state index in [9.17, 15) is 8.42 Å². The van der Waals surface area contributed by atoms with E-state index in [4.69, 9.17) is 5.73 Å². The van der Waals surface area contributed by atoms with Crippen molar-refractivity contribution in [2.24, 2.45) is 5.73 Å². The third-order valence-electron chi connectivity index (χ3n) is 2.57. The third kappa shape index (κ3) is 3.96. The van der Waals surface area contributed by atoms with E-state index in [0.717, 1.165) is 11.0 Å². The summed E-state index contributed by atoms with van der Waals surface area (Å²) in [4.78, 5) is 0. The second-order valence-corrected chi connectivity index (χ2v) is 7.97. The summed E-state index contributed by atoms with van der Waals surface area (Å²) in [6.45, 7) is 6.41. The van der Waals surface area contributed by atoms with Crippen molar-refractivity contribution in [3.05, 3.63) is 5.82 Å². The van der Waals surface area contributed by atoms with Crippen molar-refractivity contribution >= 4 is 21.6 Å². The first-order valence-electron chi connectivity index (χ1n) is 5.82. The van der Waals surface area contributed by atoms with Gasteiger partial charge in [-0.3, -0.25) is 0 Å². The van der Waals surface area contributed by atoms with Gasteiger partial charge >= 0.3 is 0 Å². The van der Waals surface area contributed by atoms with Crippen LogP contribution in [0.3, 0.4) is 0 Å². The van der Waals surface area contributed by atoms with Gasteiger partial charge in [-0.15, -0.1) is 10.2 Å². The summed E-state index contributed by atoms with van der Waals surface area (Å²) in [5, 5.41) is 8.40. The lowest BCUT2D eigenvalue weighted by Crippen LogP contribution is -2.19. The quantitative estimate of drug-likeness (QED) is 0.734. The smallest absolute Gasteiger partial charge is 0.191 e.